The molecule has 0 saturated heterocycles. The summed E-state index contributed by atoms with van der Waals surface area (Å²) < 4.78 is 34.6. The fourth-order valence-electron chi connectivity index (χ4n) is 2.73. The number of hydrogen-bond donors (Lipinski definition) is 0. The van der Waals surface area contributed by atoms with Crippen molar-refractivity contribution in [3.8, 4) is 5.75 Å². The van der Waals surface area contributed by atoms with Gasteiger partial charge in [0.05, 0.1) is 21.0 Å². The van der Waals surface area contributed by atoms with E-state index in [1.54, 1.807) is 30.3 Å². The maximum absolute atomic E-state index is 12.4. The summed E-state index contributed by atoms with van der Waals surface area (Å²) in [6.45, 7) is 2.91. The molecule has 0 spiro atoms. The van der Waals surface area contributed by atoms with Gasteiger partial charge in [-0.2, -0.15) is 0 Å². The highest BCUT2D eigenvalue weighted by molar-refractivity contribution is 9.10. The lowest BCUT2D eigenvalue weighted by atomic mass is 10.3. The van der Waals surface area contributed by atoms with Gasteiger partial charge in [-0.15, -0.1) is 0 Å². The Morgan fingerprint density at radius 2 is 1.96 bits per heavy atom. The first-order valence-corrected chi connectivity index (χ1v) is 10.8. The van der Waals surface area contributed by atoms with Crippen molar-refractivity contribution in [2.45, 2.75) is 25.0 Å². The molecule has 3 aromatic rings. The highest BCUT2D eigenvalue weighted by atomic mass is 79.9. The molecule has 0 amide bonds. The van der Waals surface area contributed by atoms with Gasteiger partial charge in [0.1, 0.15) is 18.2 Å². The molecule has 0 bridgehead atoms. The molecule has 0 aliphatic carbocycles. The second-order valence-electron chi connectivity index (χ2n) is 6.07. The average Bonchev–Trinajstić information content (AvgIpc) is 2.97. The Labute approximate surface area is 171 Å². The average molecular weight is 473 g/mol. The van der Waals surface area contributed by atoms with Crippen LogP contribution in [0.4, 0.5) is 0 Å². The molecule has 3 rings (SSSR count). The van der Waals surface area contributed by atoms with Crippen molar-refractivity contribution in [1.82, 2.24) is 13.9 Å². The van der Waals surface area contributed by atoms with Gasteiger partial charge >= 0.3 is 0 Å². The number of aryl methyl sites for hydroxylation is 1. The molecule has 2 aromatic carbocycles. The predicted octanol–water partition coefficient (Wildman–Crippen LogP) is 4.30. The summed E-state index contributed by atoms with van der Waals surface area (Å²) in [5, 5.41) is 0.503. The molecule has 0 unspecified atom stereocenters. The number of fused-ring (bicyclic) bond motifs is 1. The van der Waals surface area contributed by atoms with E-state index in [1.165, 1.54) is 18.4 Å². The zero-order valence-corrected chi connectivity index (χ0v) is 18.3. The Hall–Kier alpha value is -1.61. The molecule has 9 heteroatoms. The number of rotatable bonds is 6. The van der Waals surface area contributed by atoms with E-state index in [-0.39, 0.29) is 11.5 Å². The van der Waals surface area contributed by atoms with E-state index in [2.05, 4.69) is 20.9 Å². The minimum atomic E-state index is -3.51. The second-order valence-corrected chi connectivity index (χ2v) is 9.55. The van der Waals surface area contributed by atoms with Gasteiger partial charge in [0.2, 0.25) is 10.0 Å². The van der Waals surface area contributed by atoms with Crippen LogP contribution in [-0.4, -0.2) is 36.4 Å². The monoisotopic (exact) mass is 471 g/mol. The van der Waals surface area contributed by atoms with Gasteiger partial charge in [0, 0.05) is 25.1 Å². The number of halogens is 2. The van der Waals surface area contributed by atoms with E-state index in [0.717, 1.165) is 9.99 Å². The van der Waals surface area contributed by atoms with Crippen molar-refractivity contribution in [2.75, 3.05) is 14.1 Å². The third-order valence-electron chi connectivity index (χ3n) is 4.14. The Bertz CT molecular complexity index is 1100. The predicted molar refractivity (Wildman–Crippen MR) is 110 cm³/mol. The Morgan fingerprint density at radius 3 is 2.59 bits per heavy atom. The smallest absolute Gasteiger partial charge is 0.242 e. The van der Waals surface area contributed by atoms with Gasteiger partial charge in [0.25, 0.3) is 0 Å². The lowest BCUT2D eigenvalue weighted by molar-refractivity contribution is 0.291. The molecule has 0 N–H and O–H groups in total. The lowest BCUT2D eigenvalue weighted by Gasteiger charge is -2.11. The van der Waals surface area contributed by atoms with Gasteiger partial charge in [-0.3, -0.25) is 0 Å². The van der Waals surface area contributed by atoms with Crippen molar-refractivity contribution in [3.63, 3.8) is 0 Å². The Morgan fingerprint density at radius 1 is 1.22 bits per heavy atom. The molecule has 1 aromatic heterocycles. The largest absolute Gasteiger partial charge is 0.484 e. The molecule has 0 aliphatic rings. The molecular weight excluding hydrogens is 454 g/mol. The third-order valence-corrected chi connectivity index (χ3v) is 6.74. The van der Waals surface area contributed by atoms with Crippen molar-refractivity contribution in [1.29, 1.82) is 0 Å². The summed E-state index contributed by atoms with van der Waals surface area (Å²) in [4.78, 5) is 4.79. The van der Waals surface area contributed by atoms with Crippen LogP contribution in [0.1, 0.15) is 12.7 Å². The zero-order valence-electron chi connectivity index (χ0n) is 15.1. The van der Waals surface area contributed by atoms with Gasteiger partial charge < -0.3 is 9.30 Å². The summed E-state index contributed by atoms with van der Waals surface area (Å²) in [7, 11) is -0.502. The highest BCUT2D eigenvalue weighted by Gasteiger charge is 2.19. The van der Waals surface area contributed by atoms with Gasteiger partial charge in [-0.05, 0) is 43.3 Å². The number of benzene rings is 2. The fraction of sp³-hybridized carbons (Fsp3) is 0.278. The van der Waals surface area contributed by atoms with Crippen LogP contribution in [0.25, 0.3) is 11.0 Å². The van der Waals surface area contributed by atoms with Crippen molar-refractivity contribution in [2.24, 2.45) is 0 Å². The molecule has 0 aliphatic heterocycles. The summed E-state index contributed by atoms with van der Waals surface area (Å²) in [6, 6.07) is 10.4. The van der Waals surface area contributed by atoms with E-state index in [0.29, 0.717) is 28.7 Å². The molecule has 144 valence electrons. The molecule has 0 saturated carbocycles. The second kappa shape index (κ2) is 7.79. The van der Waals surface area contributed by atoms with Crippen LogP contribution in [0, 0.1) is 0 Å². The fourth-order valence-corrected chi connectivity index (χ4v) is 4.38. The molecule has 27 heavy (non-hydrogen) atoms. The number of ether oxygens (including phenoxy) is 1. The van der Waals surface area contributed by atoms with Crippen LogP contribution in [0.3, 0.4) is 0 Å². The SMILES string of the molecule is CCn1c(COc2ccc(Br)cc2Cl)nc2cc(S(=O)(=O)N(C)C)ccc21. The van der Waals surface area contributed by atoms with Crippen molar-refractivity contribution >= 4 is 48.6 Å². The minimum Gasteiger partial charge on any atom is -0.484 e. The molecular formula is C18H19BrClN3O3S. The standard InChI is InChI=1S/C18H19BrClN3O3S/c1-4-23-16-7-6-13(27(24,25)22(2)3)10-15(16)21-18(23)11-26-17-8-5-12(19)9-14(17)20/h5-10H,4,11H2,1-3H3. The summed E-state index contributed by atoms with van der Waals surface area (Å²) in [6.07, 6.45) is 0. The third kappa shape index (κ3) is 3.99. The molecule has 1 heterocycles. The number of imidazole rings is 1. The topological polar surface area (TPSA) is 64.4 Å². The van der Waals surface area contributed by atoms with Crippen LogP contribution in [0.15, 0.2) is 45.8 Å². The Kier molecular flexibility index (Phi) is 5.81. The van der Waals surface area contributed by atoms with Crippen LogP contribution in [-0.2, 0) is 23.2 Å². The van der Waals surface area contributed by atoms with E-state index < -0.39 is 10.0 Å². The van der Waals surface area contributed by atoms with Crippen LogP contribution in [0.5, 0.6) is 5.75 Å². The quantitative estimate of drug-likeness (QED) is 0.536. The first kappa shape index (κ1) is 20.1. The molecule has 0 radical (unpaired) electrons. The number of aromatic nitrogens is 2. The van der Waals surface area contributed by atoms with Crippen molar-refractivity contribution in [3.05, 3.63) is 51.7 Å². The summed E-state index contributed by atoms with van der Waals surface area (Å²) >= 11 is 9.56. The number of hydrogen-bond acceptors (Lipinski definition) is 4. The highest BCUT2D eigenvalue weighted by Crippen LogP contribution is 2.29. The number of sulfonamides is 1. The minimum absolute atomic E-state index is 0.212. The first-order valence-electron chi connectivity index (χ1n) is 8.23. The first-order chi connectivity index (χ1) is 12.7. The van der Waals surface area contributed by atoms with E-state index in [1.807, 2.05) is 17.6 Å². The van der Waals surface area contributed by atoms with Crippen LogP contribution in [0.2, 0.25) is 5.02 Å². The molecule has 6 nitrogen and oxygen atoms in total. The van der Waals surface area contributed by atoms with Gasteiger partial charge in [-0.25, -0.2) is 17.7 Å². The molecule has 0 atom stereocenters. The summed E-state index contributed by atoms with van der Waals surface area (Å²) in [5.41, 5.74) is 1.47. The van der Waals surface area contributed by atoms with Gasteiger partial charge in [-0.1, -0.05) is 27.5 Å². The van der Waals surface area contributed by atoms with Crippen LogP contribution < -0.4 is 4.74 Å². The Balaban J connectivity index is 1.96. The van der Waals surface area contributed by atoms with Crippen LogP contribution >= 0.6 is 27.5 Å². The number of nitrogens with zero attached hydrogens (tertiary/aromatic N) is 3. The normalized spacial score (nSPS) is 12.1. The zero-order chi connectivity index (χ0) is 19.8. The van der Waals surface area contributed by atoms with E-state index >= 15 is 0 Å². The van der Waals surface area contributed by atoms with Crippen molar-refractivity contribution < 1.29 is 13.2 Å². The maximum atomic E-state index is 12.4. The summed E-state index contributed by atoms with van der Waals surface area (Å²) in [5.74, 6) is 1.26. The van der Waals surface area contributed by atoms with E-state index in [4.69, 9.17) is 16.3 Å². The molecule has 0 fully saturated rings. The lowest BCUT2D eigenvalue weighted by Crippen LogP contribution is -2.22. The maximum Gasteiger partial charge on any atom is 0.242 e. The van der Waals surface area contributed by atoms with E-state index in [9.17, 15) is 8.42 Å². The van der Waals surface area contributed by atoms with Gasteiger partial charge in [0.15, 0.2) is 0 Å².